The Morgan fingerprint density at radius 2 is 1.90 bits per heavy atom. The van der Waals surface area contributed by atoms with Crippen LogP contribution in [0.25, 0.3) is 0 Å². The van der Waals surface area contributed by atoms with Crippen molar-refractivity contribution in [1.82, 2.24) is 4.98 Å². The van der Waals surface area contributed by atoms with Crippen molar-refractivity contribution in [3.8, 4) is 5.75 Å². The fourth-order valence-electron chi connectivity index (χ4n) is 3.54. The zero-order valence-electron chi connectivity index (χ0n) is 16.0. The molecule has 6 heteroatoms. The third-order valence-corrected chi connectivity index (χ3v) is 5.05. The van der Waals surface area contributed by atoms with E-state index >= 15 is 0 Å². The molecule has 0 aliphatic heterocycles. The average Bonchev–Trinajstić information content (AvgIpc) is 3.12. The van der Waals surface area contributed by atoms with Gasteiger partial charge in [0, 0.05) is 17.4 Å². The summed E-state index contributed by atoms with van der Waals surface area (Å²) in [4.78, 5) is 28.0. The molecule has 0 saturated carbocycles. The molecule has 0 spiro atoms. The summed E-state index contributed by atoms with van der Waals surface area (Å²) >= 11 is 0. The third-order valence-electron chi connectivity index (χ3n) is 5.05. The van der Waals surface area contributed by atoms with Crippen molar-refractivity contribution in [2.75, 3.05) is 5.32 Å². The number of ether oxygens (including phenoxy) is 1. The van der Waals surface area contributed by atoms with Crippen LogP contribution in [0.5, 0.6) is 5.75 Å². The zero-order valence-corrected chi connectivity index (χ0v) is 16.0. The molecule has 6 nitrogen and oxygen atoms in total. The van der Waals surface area contributed by atoms with E-state index in [9.17, 15) is 9.59 Å². The van der Waals surface area contributed by atoms with Crippen LogP contribution in [0.1, 0.15) is 49.9 Å². The first-order chi connectivity index (χ1) is 14.0. The Morgan fingerprint density at radius 3 is 2.66 bits per heavy atom. The van der Waals surface area contributed by atoms with E-state index in [1.54, 1.807) is 12.3 Å². The number of nitrogens with one attached hydrogen (secondary N) is 1. The van der Waals surface area contributed by atoms with Gasteiger partial charge >= 0.3 is 0 Å². The van der Waals surface area contributed by atoms with Crippen molar-refractivity contribution in [3.05, 3.63) is 88.7 Å². The van der Waals surface area contributed by atoms with Crippen LogP contribution in [0.3, 0.4) is 0 Å². The van der Waals surface area contributed by atoms with Crippen LogP contribution in [0.4, 0.5) is 5.69 Å². The molecule has 3 aromatic rings. The third kappa shape index (κ3) is 3.96. The topological polar surface area (TPSA) is 94.3 Å². The number of anilines is 1. The van der Waals surface area contributed by atoms with E-state index < -0.39 is 5.91 Å². The lowest BCUT2D eigenvalue weighted by atomic mass is 10.1. The molecule has 1 unspecified atom stereocenters. The largest absolute Gasteiger partial charge is 0.484 e. The summed E-state index contributed by atoms with van der Waals surface area (Å²) in [6.07, 6.45) is 4.36. The Balaban J connectivity index is 1.54. The van der Waals surface area contributed by atoms with Crippen LogP contribution in [0.2, 0.25) is 0 Å². The van der Waals surface area contributed by atoms with E-state index in [2.05, 4.69) is 10.3 Å². The van der Waals surface area contributed by atoms with Crippen molar-refractivity contribution in [2.45, 2.75) is 25.9 Å². The number of fused-ring (bicyclic) bond motifs is 1. The molecular formula is C23H21N3O3. The molecule has 1 aliphatic rings. The van der Waals surface area contributed by atoms with Gasteiger partial charge in [-0.1, -0.05) is 29.8 Å². The first-order valence-corrected chi connectivity index (χ1v) is 9.42. The van der Waals surface area contributed by atoms with E-state index in [1.807, 2.05) is 49.4 Å². The van der Waals surface area contributed by atoms with Crippen molar-refractivity contribution in [2.24, 2.45) is 5.73 Å². The molecule has 1 aliphatic carbocycles. The van der Waals surface area contributed by atoms with Gasteiger partial charge in [0.2, 0.25) is 5.91 Å². The zero-order chi connectivity index (χ0) is 20.4. The van der Waals surface area contributed by atoms with E-state index in [0.717, 1.165) is 35.2 Å². The van der Waals surface area contributed by atoms with Gasteiger partial charge in [-0.05, 0) is 55.2 Å². The number of amides is 2. The van der Waals surface area contributed by atoms with Gasteiger partial charge in [-0.25, -0.2) is 0 Å². The highest BCUT2D eigenvalue weighted by Crippen LogP contribution is 2.38. The summed E-state index contributed by atoms with van der Waals surface area (Å²) in [6.45, 7) is 1.99. The number of carbonyl (C=O) groups is 2. The minimum Gasteiger partial charge on any atom is -0.484 e. The molecule has 4 rings (SSSR count). The van der Waals surface area contributed by atoms with Gasteiger partial charge in [-0.3, -0.25) is 14.6 Å². The summed E-state index contributed by atoms with van der Waals surface area (Å²) in [5.41, 5.74) is 10.2. The van der Waals surface area contributed by atoms with E-state index in [-0.39, 0.29) is 12.0 Å². The molecule has 2 aromatic carbocycles. The highest BCUT2D eigenvalue weighted by molar-refractivity contribution is 6.04. The Kier molecular flexibility index (Phi) is 4.99. The SMILES string of the molecule is Cc1ccc(C(=O)Nc2cccc3c2CCC3Oc2cncc(C(N)=O)c2)cc1. The smallest absolute Gasteiger partial charge is 0.255 e. The summed E-state index contributed by atoms with van der Waals surface area (Å²) in [7, 11) is 0. The molecule has 0 bridgehead atoms. The maximum atomic E-state index is 12.6. The van der Waals surface area contributed by atoms with Crippen LogP contribution < -0.4 is 15.8 Å². The van der Waals surface area contributed by atoms with Gasteiger partial charge in [-0.15, -0.1) is 0 Å². The number of aryl methyl sites for hydroxylation is 1. The number of hydrogen-bond acceptors (Lipinski definition) is 4. The molecule has 0 saturated heterocycles. The normalized spacial score (nSPS) is 14.9. The first kappa shape index (κ1) is 18.7. The van der Waals surface area contributed by atoms with Crippen molar-refractivity contribution < 1.29 is 14.3 Å². The lowest BCUT2D eigenvalue weighted by molar-refractivity contribution is 0.0996. The number of primary amides is 1. The number of nitrogens with zero attached hydrogens (tertiary/aromatic N) is 1. The lowest BCUT2D eigenvalue weighted by Crippen LogP contribution is -2.13. The highest BCUT2D eigenvalue weighted by Gasteiger charge is 2.27. The van der Waals surface area contributed by atoms with Crippen LogP contribution in [0.15, 0.2) is 60.9 Å². The fraction of sp³-hybridized carbons (Fsp3) is 0.174. The van der Waals surface area contributed by atoms with Crippen LogP contribution in [-0.2, 0) is 6.42 Å². The predicted molar refractivity (Wildman–Crippen MR) is 110 cm³/mol. The number of aromatic nitrogens is 1. The number of hydrogen-bond donors (Lipinski definition) is 2. The number of benzene rings is 2. The summed E-state index contributed by atoms with van der Waals surface area (Å²) in [6, 6.07) is 14.9. The molecule has 1 heterocycles. The molecule has 3 N–H and O–H groups in total. The van der Waals surface area contributed by atoms with Crippen LogP contribution >= 0.6 is 0 Å². The number of nitrogens with two attached hydrogens (primary N) is 1. The minimum atomic E-state index is -0.545. The second-order valence-electron chi connectivity index (χ2n) is 7.11. The highest BCUT2D eigenvalue weighted by atomic mass is 16.5. The second-order valence-corrected chi connectivity index (χ2v) is 7.11. The first-order valence-electron chi connectivity index (χ1n) is 9.42. The van der Waals surface area contributed by atoms with Gasteiger partial charge in [0.1, 0.15) is 11.9 Å². The van der Waals surface area contributed by atoms with E-state index in [4.69, 9.17) is 10.5 Å². The monoisotopic (exact) mass is 387 g/mol. The van der Waals surface area contributed by atoms with Gasteiger partial charge in [0.05, 0.1) is 11.8 Å². The van der Waals surface area contributed by atoms with Crippen molar-refractivity contribution >= 4 is 17.5 Å². The number of rotatable bonds is 5. The molecule has 146 valence electrons. The van der Waals surface area contributed by atoms with Crippen molar-refractivity contribution in [1.29, 1.82) is 0 Å². The standard InChI is InChI=1S/C23H21N3O3/c1-14-5-7-15(8-6-14)23(28)26-20-4-2-3-19-18(20)9-10-21(19)29-17-11-16(22(24)27)12-25-13-17/h2-8,11-13,21H,9-10H2,1H3,(H2,24,27)(H,26,28). The van der Waals surface area contributed by atoms with Gasteiger partial charge in [0.15, 0.2) is 0 Å². The van der Waals surface area contributed by atoms with Gasteiger partial charge in [0.25, 0.3) is 5.91 Å². The Bertz CT molecular complexity index is 1080. The van der Waals surface area contributed by atoms with Crippen LogP contribution in [-0.4, -0.2) is 16.8 Å². The molecule has 0 fully saturated rings. The van der Waals surface area contributed by atoms with Crippen molar-refractivity contribution in [3.63, 3.8) is 0 Å². The predicted octanol–water partition coefficient (Wildman–Crippen LogP) is 3.81. The molecule has 1 aromatic heterocycles. The number of carbonyl (C=O) groups excluding carboxylic acids is 2. The molecule has 29 heavy (non-hydrogen) atoms. The minimum absolute atomic E-state index is 0.138. The second kappa shape index (κ2) is 7.75. The molecular weight excluding hydrogens is 366 g/mol. The van der Waals surface area contributed by atoms with Gasteiger partial charge < -0.3 is 15.8 Å². The molecule has 2 amide bonds. The lowest BCUT2D eigenvalue weighted by Gasteiger charge is -2.16. The summed E-state index contributed by atoms with van der Waals surface area (Å²) < 4.78 is 6.07. The van der Waals surface area contributed by atoms with E-state index in [0.29, 0.717) is 16.9 Å². The maximum absolute atomic E-state index is 12.6. The molecule has 1 atom stereocenters. The molecule has 0 radical (unpaired) electrons. The van der Waals surface area contributed by atoms with Gasteiger partial charge in [-0.2, -0.15) is 0 Å². The Hall–Kier alpha value is -3.67. The summed E-state index contributed by atoms with van der Waals surface area (Å²) in [5, 5.41) is 3.02. The Labute approximate surface area is 168 Å². The Morgan fingerprint density at radius 1 is 1.10 bits per heavy atom. The van der Waals surface area contributed by atoms with Crippen LogP contribution in [0, 0.1) is 6.92 Å². The summed E-state index contributed by atoms with van der Waals surface area (Å²) in [5.74, 6) is -0.190. The number of pyridine rings is 1. The fourth-order valence-corrected chi connectivity index (χ4v) is 3.54. The quantitative estimate of drug-likeness (QED) is 0.696. The van der Waals surface area contributed by atoms with E-state index in [1.165, 1.54) is 6.20 Å². The average molecular weight is 387 g/mol. The maximum Gasteiger partial charge on any atom is 0.255 e.